The van der Waals surface area contributed by atoms with Crippen LogP contribution in [0.3, 0.4) is 0 Å². The molecule has 2 aromatic rings. The van der Waals surface area contributed by atoms with Crippen LogP contribution in [0.5, 0.6) is 5.75 Å². The van der Waals surface area contributed by atoms with Gasteiger partial charge in [-0.25, -0.2) is 18.4 Å². The van der Waals surface area contributed by atoms with E-state index in [1.807, 2.05) is 0 Å². The number of ether oxygens (including phenoxy) is 2. The average Bonchev–Trinajstić information content (AvgIpc) is 2.56. The highest BCUT2D eigenvalue weighted by Crippen LogP contribution is 2.27. The number of carboxylic acids is 1. The second-order valence-corrected chi connectivity index (χ2v) is 6.99. The maximum atomic E-state index is 13.5. The fourth-order valence-corrected chi connectivity index (χ4v) is 2.33. The van der Waals surface area contributed by atoms with Gasteiger partial charge in [-0.2, -0.15) is 0 Å². The number of hydrogen-bond acceptors (Lipinski definition) is 4. The molecule has 0 aliphatic rings. The van der Waals surface area contributed by atoms with E-state index in [2.05, 4.69) is 5.32 Å². The summed E-state index contributed by atoms with van der Waals surface area (Å²) in [7, 11) is 0. The minimum absolute atomic E-state index is 0.0409. The Morgan fingerprint density at radius 3 is 2.18 bits per heavy atom. The molecule has 6 nitrogen and oxygen atoms in total. The van der Waals surface area contributed by atoms with Gasteiger partial charge in [-0.3, -0.25) is 0 Å². The summed E-state index contributed by atoms with van der Waals surface area (Å²) in [5, 5.41) is 11.8. The lowest BCUT2D eigenvalue weighted by Gasteiger charge is -2.19. The van der Waals surface area contributed by atoms with E-state index in [4.69, 9.17) is 9.47 Å². The van der Waals surface area contributed by atoms with Crippen LogP contribution in [0.1, 0.15) is 31.1 Å². The third-order valence-corrected chi connectivity index (χ3v) is 3.39. The van der Waals surface area contributed by atoms with Gasteiger partial charge in [-0.1, -0.05) is 0 Å². The van der Waals surface area contributed by atoms with Crippen molar-refractivity contribution in [2.24, 2.45) is 0 Å². The highest BCUT2D eigenvalue weighted by molar-refractivity contribution is 5.90. The molecule has 8 heteroatoms. The number of hydrogen-bond donors (Lipinski definition) is 2. The van der Waals surface area contributed by atoms with Crippen LogP contribution in [0.25, 0.3) is 11.1 Å². The van der Waals surface area contributed by atoms with Gasteiger partial charge in [0.25, 0.3) is 0 Å². The van der Waals surface area contributed by atoms with Crippen molar-refractivity contribution in [2.75, 3.05) is 13.2 Å². The van der Waals surface area contributed by atoms with Crippen molar-refractivity contribution in [3.05, 3.63) is 53.6 Å². The van der Waals surface area contributed by atoms with E-state index in [1.165, 1.54) is 18.2 Å². The van der Waals surface area contributed by atoms with Crippen LogP contribution in [0.2, 0.25) is 0 Å². The van der Waals surface area contributed by atoms with Crippen LogP contribution in [0.4, 0.5) is 13.6 Å². The molecule has 0 radical (unpaired) electrons. The molecule has 0 aromatic heterocycles. The molecule has 0 fully saturated rings. The predicted molar refractivity (Wildman–Crippen MR) is 98.5 cm³/mol. The second-order valence-electron chi connectivity index (χ2n) is 6.99. The minimum atomic E-state index is -1.21. The van der Waals surface area contributed by atoms with Crippen LogP contribution in [0, 0.1) is 11.6 Å². The van der Waals surface area contributed by atoms with Gasteiger partial charge in [0.05, 0.1) is 12.1 Å². The predicted octanol–water partition coefficient (Wildman–Crippen LogP) is 4.23. The Hall–Kier alpha value is -3.16. The Balaban J connectivity index is 2.11. The van der Waals surface area contributed by atoms with Gasteiger partial charge in [0.15, 0.2) is 0 Å². The van der Waals surface area contributed by atoms with Crippen LogP contribution in [-0.2, 0) is 4.74 Å². The summed E-state index contributed by atoms with van der Waals surface area (Å²) in [5.41, 5.74) is -0.265. The van der Waals surface area contributed by atoms with Crippen molar-refractivity contribution in [3.63, 3.8) is 0 Å². The SMILES string of the molecule is CC(C)(C)OC(=O)NCCOc1cc(C(=O)O)cc(-c2cc(F)cc(F)c2)c1. The lowest BCUT2D eigenvalue weighted by Crippen LogP contribution is -2.34. The first-order chi connectivity index (χ1) is 13.0. The molecule has 0 saturated heterocycles. The lowest BCUT2D eigenvalue weighted by atomic mass is 10.0. The maximum Gasteiger partial charge on any atom is 0.407 e. The molecule has 0 saturated carbocycles. The molecule has 0 spiro atoms. The van der Waals surface area contributed by atoms with E-state index in [9.17, 15) is 23.5 Å². The van der Waals surface area contributed by atoms with Gasteiger partial charge in [0.2, 0.25) is 0 Å². The van der Waals surface area contributed by atoms with Gasteiger partial charge in [0.1, 0.15) is 29.6 Å². The zero-order valence-electron chi connectivity index (χ0n) is 15.7. The topological polar surface area (TPSA) is 84.9 Å². The van der Waals surface area contributed by atoms with E-state index >= 15 is 0 Å². The van der Waals surface area contributed by atoms with E-state index in [-0.39, 0.29) is 35.6 Å². The number of halogens is 2. The van der Waals surface area contributed by atoms with Crippen LogP contribution in [-0.4, -0.2) is 35.9 Å². The highest BCUT2D eigenvalue weighted by Gasteiger charge is 2.16. The van der Waals surface area contributed by atoms with E-state index in [1.54, 1.807) is 20.8 Å². The largest absolute Gasteiger partial charge is 0.492 e. The number of alkyl carbamates (subject to hydrolysis) is 1. The fourth-order valence-electron chi connectivity index (χ4n) is 2.33. The van der Waals surface area contributed by atoms with Crippen LogP contribution >= 0.6 is 0 Å². The third-order valence-electron chi connectivity index (χ3n) is 3.39. The molecule has 2 aromatic carbocycles. The monoisotopic (exact) mass is 393 g/mol. The first-order valence-corrected chi connectivity index (χ1v) is 8.48. The number of carbonyl (C=O) groups excluding carboxylic acids is 1. The Morgan fingerprint density at radius 1 is 1.00 bits per heavy atom. The number of benzene rings is 2. The third kappa shape index (κ3) is 6.53. The standard InChI is InChI=1S/C20H21F2NO5/c1-20(2,3)28-19(26)23-4-5-27-17-9-12(6-14(10-17)18(24)25)13-7-15(21)11-16(22)8-13/h6-11H,4-5H2,1-3H3,(H,23,26)(H,24,25). The number of rotatable bonds is 6. The lowest BCUT2D eigenvalue weighted by molar-refractivity contribution is 0.0520. The van der Waals surface area contributed by atoms with Crippen molar-refractivity contribution in [1.82, 2.24) is 5.32 Å². The maximum absolute atomic E-state index is 13.5. The summed E-state index contributed by atoms with van der Waals surface area (Å²) in [6.07, 6.45) is -0.605. The molecule has 0 aliphatic heterocycles. The Labute approximate surface area is 161 Å². The van der Waals surface area contributed by atoms with Gasteiger partial charge in [-0.15, -0.1) is 0 Å². The summed E-state index contributed by atoms with van der Waals surface area (Å²) in [6, 6.07) is 6.96. The molecule has 0 aliphatic carbocycles. The van der Waals surface area contributed by atoms with Crippen molar-refractivity contribution >= 4 is 12.1 Å². The normalized spacial score (nSPS) is 11.0. The summed E-state index contributed by atoms with van der Waals surface area (Å²) < 4.78 is 37.5. The number of carboxylic acid groups (broad SMARTS) is 1. The fraction of sp³-hybridized carbons (Fsp3) is 0.300. The van der Waals surface area contributed by atoms with E-state index in [0.717, 1.165) is 18.2 Å². The summed E-state index contributed by atoms with van der Waals surface area (Å²) in [5.74, 6) is -2.58. The van der Waals surface area contributed by atoms with Crippen LogP contribution < -0.4 is 10.1 Å². The van der Waals surface area contributed by atoms with Crippen molar-refractivity contribution in [2.45, 2.75) is 26.4 Å². The van der Waals surface area contributed by atoms with Crippen molar-refractivity contribution < 1.29 is 33.0 Å². The van der Waals surface area contributed by atoms with Crippen molar-refractivity contribution in [3.8, 4) is 16.9 Å². The van der Waals surface area contributed by atoms with Crippen LogP contribution in [0.15, 0.2) is 36.4 Å². The summed E-state index contributed by atoms with van der Waals surface area (Å²) in [6.45, 7) is 5.36. The van der Waals surface area contributed by atoms with Crippen molar-refractivity contribution in [1.29, 1.82) is 0 Å². The molecule has 0 bridgehead atoms. The second kappa shape index (κ2) is 8.69. The van der Waals surface area contributed by atoms with Gasteiger partial charge in [-0.05, 0) is 62.2 Å². The zero-order valence-corrected chi connectivity index (χ0v) is 15.7. The zero-order chi connectivity index (χ0) is 20.9. The molecular weight excluding hydrogens is 372 g/mol. The minimum Gasteiger partial charge on any atom is -0.492 e. The van der Waals surface area contributed by atoms with E-state index in [0.29, 0.717) is 0 Å². The molecule has 0 atom stereocenters. The molecule has 150 valence electrons. The van der Waals surface area contributed by atoms with Gasteiger partial charge < -0.3 is 19.9 Å². The molecule has 0 unspecified atom stereocenters. The molecule has 2 rings (SSSR count). The Bertz CT molecular complexity index is 857. The first kappa shape index (κ1) is 21.1. The smallest absolute Gasteiger partial charge is 0.407 e. The Kier molecular flexibility index (Phi) is 6.56. The molecule has 28 heavy (non-hydrogen) atoms. The summed E-state index contributed by atoms with van der Waals surface area (Å²) >= 11 is 0. The Morgan fingerprint density at radius 2 is 1.61 bits per heavy atom. The van der Waals surface area contributed by atoms with Gasteiger partial charge >= 0.3 is 12.1 Å². The number of nitrogens with one attached hydrogen (secondary N) is 1. The number of carbonyl (C=O) groups is 2. The molecule has 2 N–H and O–H groups in total. The molecule has 0 heterocycles. The quantitative estimate of drug-likeness (QED) is 0.718. The average molecular weight is 393 g/mol. The molecule has 1 amide bonds. The first-order valence-electron chi connectivity index (χ1n) is 8.48. The van der Waals surface area contributed by atoms with E-state index < -0.39 is 29.3 Å². The summed E-state index contributed by atoms with van der Waals surface area (Å²) in [4.78, 5) is 22.9. The van der Waals surface area contributed by atoms with Gasteiger partial charge in [0, 0.05) is 6.07 Å². The number of aromatic carboxylic acids is 1. The molecular formula is C20H21F2NO5. The highest BCUT2D eigenvalue weighted by atomic mass is 19.1. The number of amides is 1.